The molecule has 1 aliphatic rings. The van der Waals surface area contributed by atoms with Gasteiger partial charge in [-0.3, -0.25) is 0 Å². The van der Waals surface area contributed by atoms with Crippen LogP contribution in [0.25, 0.3) is 0 Å². The Balaban J connectivity index is 2.34. The van der Waals surface area contributed by atoms with Gasteiger partial charge in [-0.05, 0) is 26.3 Å². The fraction of sp³-hybridized carbons (Fsp3) is 0.625. The summed E-state index contributed by atoms with van der Waals surface area (Å²) in [6.07, 6.45) is 1.02. The summed E-state index contributed by atoms with van der Waals surface area (Å²) >= 11 is 0. The van der Waals surface area contributed by atoms with Crippen molar-refractivity contribution in [1.29, 1.82) is 0 Å². The zero-order chi connectivity index (χ0) is 14.0. The van der Waals surface area contributed by atoms with E-state index in [2.05, 4.69) is 33.0 Å². The number of benzene rings is 1. The first-order valence-electron chi connectivity index (χ1n) is 7.09. The molecular formula is C16H25NO2. The zero-order valence-electron chi connectivity index (χ0n) is 12.3. The number of ether oxygens (including phenoxy) is 1. The molecule has 3 nitrogen and oxygen atoms in total. The van der Waals surface area contributed by atoms with Crippen molar-refractivity contribution < 1.29 is 9.84 Å². The van der Waals surface area contributed by atoms with Gasteiger partial charge in [-0.15, -0.1) is 0 Å². The van der Waals surface area contributed by atoms with Gasteiger partial charge in [0.15, 0.2) is 0 Å². The Labute approximate surface area is 116 Å². The molecule has 0 spiro atoms. The average Bonchev–Trinajstić information content (AvgIpc) is 2.66. The molecule has 0 bridgehead atoms. The van der Waals surface area contributed by atoms with Gasteiger partial charge in [-0.1, -0.05) is 32.0 Å². The van der Waals surface area contributed by atoms with Crippen molar-refractivity contribution in [2.24, 2.45) is 5.92 Å². The van der Waals surface area contributed by atoms with Crippen LogP contribution < -0.4 is 5.32 Å². The van der Waals surface area contributed by atoms with Crippen molar-refractivity contribution >= 4 is 0 Å². The van der Waals surface area contributed by atoms with Crippen LogP contribution in [0.3, 0.4) is 0 Å². The second-order valence-electron chi connectivity index (χ2n) is 6.20. The molecular weight excluding hydrogens is 238 g/mol. The first-order valence-corrected chi connectivity index (χ1v) is 7.09. The van der Waals surface area contributed by atoms with E-state index in [-0.39, 0.29) is 11.6 Å². The lowest BCUT2D eigenvalue weighted by Gasteiger charge is -2.35. The van der Waals surface area contributed by atoms with E-state index in [0.717, 1.165) is 18.6 Å². The second-order valence-corrected chi connectivity index (χ2v) is 6.20. The van der Waals surface area contributed by atoms with Crippen molar-refractivity contribution in [3.63, 3.8) is 0 Å². The Morgan fingerprint density at radius 3 is 2.53 bits per heavy atom. The predicted molar refractivity (Wildman–Crippen MR) is 77.3 cm³/mol. The third-order valence-corrected chi connectivity index (χ3v) is 3.98. The Morgan fingerprint density at radius 2 is 2.00 bits per heavy atom. The quantitative estimate of drug-likeness (QED) is 0.876. The molecule has 1 aliphatic heterocycles. The number of hydrogen-bond acceptors (Lipinski definition) is 3. The lowest BCUT2D eigenvalue weighted by molar-refractivity contribution is 0.000564. The first kappa shape index (κ1) is 14.4. The minimum atomic E-state index is -0.158. The van der Waals surface area contributed by atoms with Gasteiger partial charge in [0, 0.05) is 30.2 Å². The summed E-state index contributed by atoms with van der Waals surface area (Å²) in [5.74, 6) is 0.728. The van der Waals surface area contributed by atoms with E-state index < -0.39 is 0 Å². The SMILES string of the molecule is CC(C)NC(c1ccccc1O)C1CCOC1(C)C. The highest BCUT2D eigenvalue weighted by molar-refractivity contribution is 5.35. The Hall–Kier alpha value is -1.06. The molecule has 0 saturated carbocycles. The monoisotopic (exact) mass is 263 g/mol. The van der Waals surface area contributed by atoms with Crippen LogP contribution in [0.5, 0.6) is 5.75 Å². The summed E-state index contributed by atoms with van der Waals surface area (Å²) in [6, 6.07) is 8.09. The van der Waals surface area contributed by atoms with E-state index in [1.54, 1.807) is 6.07 Å². The van der Waals surface area contributed by atoms with E-state index in [1.165, 1.54) is 0 Å². The van der Waals surface area contributed by atoms with Gasteiger partial charge in [0.1, 0.15) is 5.75 Å². The number of nitrogens with one attached hydrogen (secondary N) is 1. The van der Waals surface area contributed by atoms with Crippen molar-refractivity contribution in [2.45, 2.75) is 51.8 Å². The number of phenolic OH excluding ortho intramolecular Hbond substituents is 1. The molecule has 2 atom stereocenters. The van der Waals surface area contributed by atoms with E-state index in [4.69, 9.17) is 4.74 Å². The van der Waals surface area contributed by atoms with Crippen LogP contribution in [0.2, 0.25) is 0 Å². The van der Waals surface area contributed by atoms with Crippen molar-refractivity contribution in [3.05, 3.63) is 29.8 Å². The Morgan fingerprint density at radius 1 is 1.32 bits per heavy atom. The number of rotatable bonds is 4. The summed E-state index contributed by atoms with van der Waals surface area (Å²) in [7, 11) is 0. The van der Waals surface area contributed by atoms with Crippen molar-refractivity contribution in [3.8, 4) is 5.75 Å². The fourth-order valence-electron chi connectivity index (χ4n) is 3.00. The summed E-state index contributed by atoms with van der Waals surface area (Å²) in [5.41, 5.74) is 0.814. The largest absolute Gasteiger partial charge is 0.508 e. The third-order valence-electron chi connectivity index (χ3n) is 3.98. The van der Waals surface area contributed by atoms with Crippen LogP contribution in [0.1, 0.15) is 45.7 Å². The zero-order valence-corrected chi connectivity index (χ0v) is 12.3. The molecule has 2 rings (SSSR count). The van der Waals surface area contributed by atoms with E-state index in [1.807, 2.05) is 18.2 Å². The van der Waals surface area contributed by atoms with Crippen molar-refractivity contribution in [1.82, 2.24) is 5.32 Å². The number of para-hydroxylation sites is 1. The van der Waals surface area contributed by atoms with Crippen LogP contribution in [-0.2, 0) is 4.74 Å². The molecule has 106 valence electrons. The van der Waals surface area contributed by atoms with E-state index in [0.29, 0.717) is 17.7 Å². The first-order chi connectivity index (χ1) is 8.92. The molecule has 1 aromatic carbocycles. The molecule has 2 N–H and O–H groups in total. The molecule has 19 heavy (non-hydrogen) atoms. The van der Waals surface area contributed by atoms with Crippen LogP contribution in [0.4, 0.5) is 0 Å². The number of phenols is 1. The molecule has 1 aromatic rings. The molecule has 3 heteroatoms. The summed E-state index contributed by atoms with van der Waals surface area (Å²) < 4.78 is 5.86. The lowest BCUT2D eigenvalue weighted by atomic mass is 9.80. The maximum Gasteiger partial charge on any atom is 0.120 e. The Kier molecular flexibility index (Phi) is 4.16. The smallest absolute Gasteiger partial charge is 0.120 e. The minimum absolute atomic E-state index is 0.124. The number of hydrogen-bond donors (Lipinski definition) is 2. The maximum absolute atomic E-state index is 10.1. The van der Waals surface area contributed by atoms with Gasteiger partial charge in [-0.2, -0.15) is 0 Å². The van der Waals surface area contributed by atoms with Gasteiger partial charge >= 0.3 is 0 Å². The highest BCUT2D eigenvalue weighted by atomic mass is 16.5. The number of aromatic hydroxyl groups is 1. The fourth-order valence-corrected chi connectivity index (χ4v) is 3.00. The summed E-state index contributed by atoms with van der Waals surface area (Å²) in [4.78, 5) is 0. The van der Waals surface area contributed by atoms with Gasteiger partial charge in [0.25, 0.3) is 0 Å². The highest BCUT2D eigenvalue weighted by Gasteiger charge is 2.42. The standard InChI is InChI=1S/C16H25NO2/c1-11(2)17-15(12-7-5-6-8-14(12)18)13-9-10-19-16(13,3)4/h5-8,11,13,15,17-18H,9-10H2,1-4H3. The minimum Gasteiger partial charge on any atom is -0.508 e. The summed E-state index contributed by atoms with van der Waals surface area (Å²) in [5, 5.41) is 13.7. The molecule has 1 heterocycles. The van der Waals surface area contributed by atoms with Gasteiger partial charge < -0.3 is 15.2 Å². The summed E-state index contributed by atoms with van der Waals surface area (Å²) in [6.45, 7) is 9.34. The van der Waals surface area contributed by atoms with Crippen LogP contribution in [-0.4, -0.2) is 23.4 Å². The molecule has 0 aromatic heterocycles. The molecule has 0 aliphatic carbocycles. The van der Waals surface area contributed by atoms with E-state index >= 15 is 0 Å². The maximum atomic E-state index is 10.1. The normalized spacial score (nSPS) is 23.7. The molecule has 1 saturated heterocycles. The van der Waals surface area contributed by atoms with Crippen LogP contribution >= 0.6 is 0 Å². The lowest BCUT2D eigenvalue weighted by Crippen LogP contribution is -2.40. The molecule has 0 amide bonds. The Bertz CT molecular complexity index is 429. The van der Waals surface area contributed by atoms with Gasteiger partial charge in [0.05, 0.1) is 5.60 Å². The predicted octanol–water partition coefficient (Wildman–Crippen LogP) is 3.25. The average molecular weight is 263 g/mol. The molecule has 2 unspecified atom stereocenters. The van der Waals surface area contributed by atoms with Crippen molar-refractivity contribution in [2.75, 3.05) is 6.61 Å². The highest BCUT2D eigenvalue weighted by Crippen LogP contribution is 2.42. The van der Waals surface area contributed by atoms with E-state index in [9.17, 15) is 5.11 Å². The molecule has 1 fully saturated rings. The van der Waals surface area contributed by atoms with Gasteiger partial charge in [-0.25, -0.2) is 0 Å². The molecule has 0 radical (unpaired) electrons. The van der Waals surface area contributed by atoms with Gasteiger partial charge in [0.2, 0.25) is 0 Å². The second kappa shape index (κ2) is 5.51. The third kappa shape index (κ3) is 3.10. The van der Waals surface area contributed by atoms with Crippen LogP contribution in [0.15, 0.2) is 24.3 Å². The van der Waals surface area contributed by atoms with Crippen LogP contribution in [0, 0.1) is 5.92 Å². The topological polar surface area (TPSA) is 41.5 Å².